The van der Waals surface area contributed by atoms with E-state index in [4.69, 9.17) is 69.6 Å². The Balaban J connectivity index is 0. The lowest BCUT2D eigenvalue weighted by Crippen LogP contribution is -2.52. The summed E-state index contributed by atoms with van der Waals surface area (Å²) in [5.41, 5.74) is 0. The second-order valence-electron chi connectivity index (χ2n) is 2.67. The number of hydrogen-bond donors (Lipinski definition) is 2. The van der Waals surface area contributed by atoms with Crippen molar-refractivity contribution in [1.29, 1.82) is 0 Å². The summed E-state index contributed by atoms with van der Waals surface area (Å²) >= 11 is 35.3. The van der Waals surface area contributed by atoms with Crippen molar-refractivity contribution in [2.45, 2.75) is 32.3 Å². The molecule has 14 heavy (non-hydrogen) atoms. The van der Waals surface area contributed by atoms with Crippen LogP contribution in [0, 0.1) is 0 Å². The van der Waals surface area contributed by atoms with Crippen molar-refractivity contribution in [2.75, 3.05) is 0 Å². The Labute approximate surface area is 114 Å². The van der Waals surface area contributed by atoms with Crippen LogP contribution in [0.5, 0.6) is 0 Å². The smallest absolute Gasteiger partial charge is 0.0693 e. The van der Waals surface area contributed by atoms with Gasteiger partial charge in [0.15, 0.2) is 0 Å². The average molecular weight is 325 g/mol. The lowest BCUT2D eigenvalue weighted by molar-refractivity contribution is 0.544. The van der Waals surface area contributed by atoms with Crippen molar-refractivity contribution in [1.82, 2.24) is 12.3 Å². The van der Waals surface area contributed by atoms with Crippen LogP contribution in [-0.2, 0) is 0 Å². The zero-order chi connectivity index (χ0) is 9.46. The van der Waals surface area contributed by atoms with Crippen LogP contribution in [0.25, 0.3) is 0 Å². The van der Waals surface area contributed by atoms with Gasteiger partial charge in [0.1, 0.15) is 0 Å². The van der Waals surface area contributed by atoms with E-state index < -0.39 is 32.3 Å². The van der Waals surface area contributed by atoms with Gasteiger partial charge in [-0.05, 0) is 0 Å². The van der Waals surface area contributed by atoms with Crippen LogP contribution >= 0.6 is 69.6 Å². The minimum Gasteiger partial charge on any atom is -0.344 e. The Morgan fingerprint density at radius 3 is 0.500 bits per heavy atom. The Morgan fingerprint density at radius 1 is 0.357 bits per heavy atom. The maximum atomic E-state index is 5.88. The molecular formula is C6H12Cl6N2. The highest BCUT2D eigenvalue weighted by Crippen LogP contribution is 2.39. The molecule has 2 nitrogen and oxygen atoms in total. The molecule has 8 heteroatoms. The summed E-state index contributed by atoms with van der Waals surface area (Å²) in [6.45, 7) is 0. The van der Waals surface area contributed by atoms with Gasteiger partial charge < -0.3 is 12.3 Å². The van der Waals surface area contributed by atoms with Crippen LogP contribution in [0.3, 0.4) is 0 Å². The molecule has 0 unspecified atom stereocenters. The van der Waals surface area contributed by atoms with Gasteiger partial charge in [-0.1, -0.05) is 0 Å². The van der Waals surface area contributed by atoms with Crippen LogP contribution in [0.1, 0.15) is 0 Å². The second-order valence-corrected chi connectivity index (χ2v) is 5.69. The molecule has 0 saturated heterocycles. The Bertz CT molecular complexity index is 112. The minimum atomic E-state index is -0.437. The van der Waals surface area contributed by atoms with Crippen molar-refractivity contribution in [3.05, 3.63) is 0 Å². The molecule has 1 saturated carbocycles. The summed E-state index contributed by atoms with van der Waals surface area (Å²) in [5.74, 6) is 0. The summed E-state index contributed by atoms with van der Waals surface area (Å²) in [5, 5.41) is -2.62. The van der Waals surface area contributed by atoms with E-state index in [9.17, 15) is 0 Å². The molecule has 0 heterocycles. The first-order chi connectivity index (χ1) is 5.46. The molecule has 0 aromatic rings. The zero-order valence-corrected chi connectivity index (χ0v) is 11.7. The molecule has 0 spiro atoms. The van der Waals surface area contributed by atoms with Crippen LogP contribution in [0.2, 0.25) is 0 Å². The average Bonchev–Trinajstić information content (AvgIpc) is 2.08. The Morgan fingerprint density at radius 2 is 0.429 bits per heavy atom. The fraction of sp³-hybridized carbons (Fsp3) is 1.00. The summed E-state index contributed by atoms with van der Waals surface area (Å²) in [6.07, 6.45) is 0. The van der Waals surface area contributed by atoms with E-state index in [1.165, 1.54) is 0 Å². The van der Waals surface area contributed by atoms with Crippen molar-refractivity contribution >= 4 is 69.6 Å². The third-order valence-electron chi connectivity index (χ3n) is 1.83. The normalized spacial score (nSPS) is 47.6. The van der Waals surface area contributed by atoms with Gasteiger partial charge in [-0.3, -0.25) is 0 Å². The van der Waals surface area contributed by atoms with Crippen molar-refractivity contribution in [3.63, 3.8) is 0 Å². The molecule has 1 aliphatic carbocycles. The van der Waals surface area contributed by atoms with Gasteiger partial charge in [-0.25, -0.2) is 0 Å². The topological polar surface area (TPSA) is 70.0 Å². The van der Waals surface area contributed by atoms with Gasteiger partial charge in [0.05, 0.1) is 32.3 Å². The largest absolute Gasteiger partial charge is 0.344 e. The highest BCUT2D eigenvalue weighted by molar-refractivity contribution is 6.45. The Hall–Kier alpha value is 1.66. The van der Waals surface area contributed by atoms with Gasteiger partial charge in [0.25, 0.3) is 0 Å². The monoisotopic (exact) mass is 322 g/mol. The fourth-order valence-corrected chi connectivity index (χ4v) is 3.38. The SMILES string of the molecule is Cl[C@H]1[C@H](Cl)[C@@H](Cl)[C@@H](Cl)[C@H](Cl)[C@H]1Cl.N.N. The summed E-state index contributed by atoms with van der Waals surface area (Å²) in [7, 11) is 0. The van der Waals surface area contributed by atoms with Crippen molar-refractivity contribution in [2.24, 2.45) is 0 Å². The highest BCUT2D eigenvalue weighted by Gasteiger charge is 2.46. The molecule has 0 bridgehead atoms. The number of hydrogen-bond acceptors (Lipinski definition) is 2. The molecule has 0 amide bonds. The third-order valence-corrected chi connectivity index (χ3v) is 5.86. The van der Waals surface area contributed by atoms with E-state index >= 15 is 0 Å². The lowest BCUT2D eigenvalue weighted by Gasteiger charge is -2.37. The predicted molar refractivity (Wildman–Crippen MR) is 67.9 cm³/mol. The van der Waals surface area contributed by atoms with E-state index in [2.05, 4.69) is 0 Å². The maximum absolute atomic E-state index is 5.88. The van der Waals surface area contributed by atoms with Crippen LogP contribution in [0.4, 0.5) is 0 Å². The summed E-state index contributed by atoms with van der Waals surface area (Å²) < 4.78 is 0. The molecule has 1 fully saturated rings. The van der Waals surface area contributed by atoms with E-state index in [0.717, 1.165) is 0 Å². The summed E-state index contributed by atoms with van der Waals surface area (Å²) in [6, 6.07) is 0. The molecule has 0 aromatic heterocycles. The lowest BCUT2D eigenvalue weighted by atomic mass is 9.97. The van der Waals surface area contributed by atoms with E-state index in [1.807, 2.05) is 0 Å². The van der Waals surface area contributed by atoms with Gasteiger partial charge in [0, 0.05) is 0 Å². The summed E-state index contributed by atoms with van der Waals surface area (Å²) in [4.78, 5) is 0. The third kappa shape index (κ3) is 3.33. The van der Waals surface area contributed by atoms with Gasteiger partial charge in [-0.15, -0.1) is 69.6 Å². The molecule has 88 valence electrons. The molecule has 0 aliphatic heterocycles. The predicted octanol–water partition coefficient (Wildman–Crippen LogP) is 3.97. The number of rotatable bonds is 0. The van der Waals surface area contributed by atoms with Crippen molar-refractivity contribution < 1.29 is 0 Å². The first-order valence-corrected chi connectivity index (χ1v) is 5.93. The van der Waals surface area contributed by atoms with E-state index in [-0.39, 0.29) is 12.3 Å². The first-order valence-electron chi connectivity index (χ1n) is 3.31. The molecule has 6 N–H and O–H groups in total. The number of alkyl halides is 6. The van der Waals surface area contributed by atoms with Crippen molar-refractivity contribution in [3.8, 4) is 0 Å². The molecule has 0 radical (unpaired) electrons. The molecule has 0 aromatic carbocycles. The van der Waals surface area contributed by atoms with Gasteiger partial charge in [0.2, 0.25) is 0 Å². The zero-order valence-electron chi connectivity index (χ0n) is 7.15. The highest BCUT2D eigenvalue weighted by atomic mass is 35.5. The molecule has 1 rings (SSSR count). The fourth-order valence-electron chi connectivity index (χ4n) is 1.05. The maximum Gasteiger partial charge on any atom is 0.0693 e. The Kier molecular flexibility index (Phi) is 9.12. The second kappa shape index (κ2) is 7.08. The standard InChI is InChI=1S/C6H6Cl6.2H3N/c7-1-2(8)4(10)6(12)5(11)3(1)9;;/h1-6H;2*1H3/t1-,2-,3-,4+,5+,6+;;. The minimum absolute atomic E-state index is 0. The molecular weight excluding hydrogens is 313 g/mol. The quantitative estimate of drug-likeness (QED) is 0.662. The van der Waals surface area contributed by atoms with Crippen LogP contribution < -0.4 is 12.3 Å². The van der Waals surface area contributed by atoms with E-state index in [0.29, 0.717) is 0 Å². The number of halogens is 6. The van der Waals surface area contributed by atoms with Crippen LogP contribution in [0.15, 0.2) is 0 Å². The molecule has 1 aliphatic rings. The van der Waals surface area contributed by atoms with Gasteiger partial charge in [-0.2, -0.15) is 0 Å². The van der Waals surface area contributed by atoms with Crippen LogP contribution in [-0.4, -0.2) is 32.3 Å². The van der Waals surface area contributed by atoms with Gasteiger partial charge >= 0.3 is 0 Å². The molecule has 0 atom stereocenters. The first kappa shape index (κ1) is 18.0. The van der Waals surface area contributed by atoms with E-state index in [1.54, 1.807) is 0 Å².